The molecule has 3 aromatic rings. The molecule has 136 valence electrons. The van der Waals surface area contributed by atoms with Gasteiger partial charge >= 0.3 is 0 Å². The average Bonchev–Trinajstić information content (AvgIpc) is 3.05. The van der Waals surface area contributed by atoms with Gasteiger partial charge in [0.25, 0.3) is 0 Å². The van der Waals surface area contributed by atoms with Crippen molar-refractivity contribution in [3.05, 3.63) is 64.8 Å². The number of hydrogen-bond acceptors (Lipinski definition) is 4. The molecule has 1 aromatic heterocycles. The highest BCUT2D eigenvalue weighted by atomic mass is 32.2. The van der Waals surface area contributed by atoms with E-state index in [1.807, 2.05) is 42.5 Å². The summed E-state index contributed by atoms with van der Waals surface area (Å²) in [5.41, 5.74) is 2.91. The van der Waals surface area contributed by atoms with E-state index in [1.165, 1.54) is 18.4 Å². The third kappa shape index (κ3) is 3.65. The molecule has 0 amide bonds. The third-order valence-electron chi connectivity index (χ3n) is 4.02. The molecule has 7 heteroatoms. The van der Waals surface area contributed by atoms with Gasteiger partial charge in [0.05, 0.1) is 16.3 Å². The van der Waals surface area contributed by atoms with Gasteiger partial charge in [-0.1, -0.05) is 30.3 Å². The number of hydrogen-bond donors (Lipinski definition) is 0. The monoisotopic (exact) mass is 387 g/mol. The van der Waals surface area contributed by atoms with E-state index in [0.717, 1.165) is 28.3 Å². The van der Waals surface area contributed by atoms with Crippen LogP contribution in [-0.2, 0) is 16.6 Å². The molecule has 0 spiro atoms. The van der Waals surface area contributed by atoms with Crippen LogP contribution in [0.5, 0.6) is 0 Å². The third-order valence-corrected chi connectivity index (χ3v) is 6.72. The number of thiazole rings is 1. The van der Waals surface area contributed by atoms with Gasteiger partial charge in [-0.3, -0.25) is 0 Å². The van der Waals surface area contributed by atoms with E-state index in [2.05, 4.69) is 16.9 Å². The Balaban J connectivity index is 2.02. The van der Waals surface area contributed by atoms with Crippen LogP contribution in [0.15, 0.2) is 69.9 Å². The molecule has 0 fully saturated rings. The van der Waals surface area contributed by atoms with Gasteiger partial charge in [0.1, 0.15) is 0 Å². The summed E-state index contributed by atoms with van der Waals surface area (Å²) in [6.07, 6.45) is 0. The lowest BCUT2D eigenvalue weighted by Crippen LogP contribution is -2.22. The fourth-order valence-corrected chi connectivity index (χ4v) is 4.47. The minimum absolute atomic E-state index is 0.290. The van der Waals surface area contributed by atoms with Crippen molar-refractivity contribution in [1.29, 1.82) is 0 Å². The van der Waals surface area contributed by atoms with Crippen LogP contribution in [0.1, 0.15) is 6.92 Å². The van der Waals surface area contributed by atoms with Gasteiger partial charge in [-0.2, -0.15) is 0 Å². The molecule has 2 aromatic carbocycles. The fraction of sp³-hybridized carbons (Fsp3) is 0.211. The van der Waals surface area contributed by atoms with E-state index >= 15 is 0 Å². The highest BCUT2D eigenvalue weighted by Crippen LogP contribution is 2.23. The van der Waals surface area contributed by atoms with Crippen LogP contribution < -0.4 is 4.80 Å². The van der Waals surface area contributed by atoms with Crippen molar-refractivity contribution >= 4 is 27.0 Å². The Hall–Kier alpha value is -2.22. The predicted molar refractivity (Wildman–Crippen MR) is 106 cm³/mol. The van der Waals surface area contributed by atoms with Crippen LogP contribution >= 0.6 is 11.3 Å². The summed E-state index contributed by atoms with van der Waals surface area (Å²) in [5, 5.41) is 2.06. The van der Waals surface area contributed by atoms with Gasteiger partial charge in [-0.25, -0.2) is 17.7 Å². The lowest BCUT2D eigenvalue weighted by atomic mass is 10.2. The molecule has 0 N–H and O–H groups in total. The van der Waals surface area contributed by atoms with E-state index in [4.69, 9.17) is 4.99 Å². The Morgan fingerprint density at radius 1 is 1.04 bits per heavy atom. The summed E-state index contributed by atoms with van der Waals surface area (Å²) in [4.78, 5) is 5.92. The summed E-state index contributed by atoms with van der Waals surface area (Å²) in [6, 6.07) is 16.8. The molecule has 0 aliphatic heterocycles. The topological polar surface area (TPSA) is 54.7 Å². The van der Waals surface area contributed by atoms with Crippen molar-refractivity contribution in [3.8, 4) is 11.3 Å². The molecule has 0 bridgehead atoms. The first-order chi connectivity index (χ1) is 12.4. The van der Waals surface area contributed by atoms with Crippen LogP contribution in [0.3, 0.4) is 0 Å². The van der Waals surface area contributed by atoms with Gasteiger partial charge in [0.15, 0.2) is 4.80 Å². The molecule has 0 atom stereocenters. The zero-order valence-electron chi connectivity index (χ0n) is 15.0. The van der Waals surface area contributed by atoms with Crippen molar-refractivity contribution in [2.45, 2.75) is 18.4 Å². The normalized spacial score (nSPS) is 12.7. The second kappa shape index (κ2) is 7.57. The fourth-order valence-electron chi connectivity index (χ4n) is 2.58. The highest BCUT2D eigenvalue weighted by molar-refractivity contribution is 7.89. The van der Waals surface area contributed by atoms with Gasteiger partial charge in [0.2, 0.25) is 10.0 Å². The SMILES string of the molecule is CCn1c(-c2ccc(S(=O)(=O)N(C)C)cc2)csc1=Nc1ccccc1. The summed E-state index contributed by atoms with van der Waals surface area (Å²) in [7, 11) is -0.352. The van der Waals surface area contributed by atoms with Crippen molar-refractivity contribution < 1.29 is 8.42 Å². The van der Waals surface area contributed by atoms with Crippen LogP contribution in [-0.4, -0.2) is 31.4 Å². The largest absolute Gasteiger partial charge is 0.317 e. The Labute approximate surface area is 157 Å². The zero-order valence-corrected chi connectivity index (χ0v) is 16.6. The van der Waals surface area contributed by atoms with Gasteiger partial charge in [0, 0.05) is 26.0 Å². The van der Waals surface area contributed by atoms with Crippen LogP contribution in [0.25, 0.3) is 11.3 Å². The molecule has 0 radical (unpaired) electrons. The molecule has 0 aliphatic carbocycles. The van der Waals surface area contributed by atoms with Crippen LogP contribution in [0, 0.1) is 0 Å². The van der Waals surface area contributed by atoms with Crippen molar-refractivity contribution in [2.75, 3.05) is 14.1 Å². The van der Waals surface area contributed by atoms with E-state index in [-0.39, 0.29) is 0 Å². The van der Waals surface area contributed by atoms with Gasteiger partial charge in [-0.05, 0) is 36.8 Å². The van der Waals surface area contributed by atoms with E-state index < -0.39 is 10.0 Å². The Bertz CT molecular complexity index is 1050. The Kier molecular flexibility index (Phi) is 5.41. The molecule has 0 saturated heterocycles. The van der Waals surface area contributed by atoms with E-state index in [1.54, 1.807) is 23.5 Å². The number of nitrogens with zero attached hydrogens (tertiary/aromatic N) is 3. The predicted octanol–water partition coefficient (Wildman–Crippen LogP) is 3.72. The number of benzene rings is 2. The second-order valence-corrected chi connectivity index (χ2v) is 8.90. The lowest BCUT2D eigenvalue weighted by Gasteiger charge is -2.12. The molecule has 5 nitrogen and oxygen atoms in total. The van der Waals surface area contributed by atoms with Crippen LogP contribution in [0.2, 0.25) is 0 Å². The maximum atomic E-state index is 12.2. The summed E-state index contributed by atoms with van der Waals surface area (Å²) < 4.78 is 27.8. The minimum atomic E-state index is -3.42. The summed E-state index contributed by atoms with van der Waals surface area (Å²) in [6.45, 7) is 2.85. The highest BCUT2D eigenvalue weighted by Gasteiger charge is 2.17. The molecule has 0 saturated carbocycles. The standard InChI is InChI=1S/C19H21N3O2S2/c1-4-22-18(14-25-19(22)20-16-8-6-5-7-9-16)15-10-12-17(13-11-15)26(23,24)21(2)3/h5-14H,4H2,1-3H3. The number of sulfonamides is 1. The number of rotatable bonds is 5. The lowest BCUT2D eigenvalue weighted by molar-refractivity contribution is 0.521. The average molecular weight is 388 g/mol. The smallest absolute Gasteiger partial charge is 0.242 e. The molecular weight excluding hydrogens is 366 g/mol. The van der Waals surface area contributed by atoms with Crippen molar-refractivity contribution in [3.63, 3.8) is 0 Å². The summed E-state index contributed by atoms with van der Waals surface area (Å²) in [5.74, 6) is 0. The minimum Gasteiger partial charge on any atom is -0.317 e. The number of aromatic nitrogens is 1. The van der Waals surface area contributed by atoms with E-state index in [0.29, 0.717) is 4.90 Å². The summed E-state index contributed by atoms with van der Waals surface area (Å²) >= 11 is 1.57. The molecular formula is C19H21N3O2S2. The Morgan fingerprint density at radius 3 is 2.27 bits per heavy atom. The van der Waals surface area contributed by atoms with Crippen molar-refractivity contribution in [1.82, 2.24) is 8.87 Å². The zero-order chi connectivity index (χ0) is 18.7. The first kappa shape index (κ1) is 18.6. The molecule has 0 aliphatic rings. The molecule has 0 unspecified atom stereocenters. The molecule has 26 heavy (non-hydrogen) atoms. The first-order valence-electron chi connectivity index (χ1n) is 8.24. The molecule has 3 rings (SSSR count). The second-order valence-electron chi connectivity index (χ2n) is 5.91. The molecule has 1 heterocycles. The van der Waals surface area contributed by atoms with Gasteiger partial charge < -0.3 is 4.57 Å². The number of para-hydroxylation sites is 1. The van der Waals surface area contributed by atoms with Gasteiger partial charge in [-0.15, -0.1) is 11.3 Å². The first-order valence-corrected chi connectivity index (χ1v) is 10.6. The van der Waals surface area contributed by atoms with E-state index in [9.17, 15) is 8.42 Å². The van der Waals surface area contributed by atoms with Crippen LogP contribution in [0.4, 0.5) is 5.69 Å². The maximum absolute atomic E-state index is 12.2. The van der Waals surface area contributed by atoms with Crippen molar-refractivity contribution in [2.24, 2.45) is 4.99 Å². The quantitative estimate of drug-likeness (QED) is 0.670. The Morgan fingerprint density at radius 2 is 1.69 bits per heavy atom. The maximum Gasteiger partial charge on any atom is 0.242 e.